The Kier molecular flexibility index (Phi) is 8.56. The third-order valence-electron chi connectivity index (χ3n) is 7.93. The fourth-order valence-electron chi connectivity index (χ4n) is 5.07. The molecular formula is C33H33F3N8O. The molecule has 232 valence electrons. The van der Waals surface area contributed by atoms with Crippen molar-refractivity contribution in [2.45, 2.75) is 38.5 Å². The molecule has 0 radical (unpaired) electrons. The number of alkyl halides is 3. The Morgan fingerprint density at radius 3 is 2.44 bits per heavy atom. The molecule has 0 atom stereocenters. The van der Waals surface area contributed by atoms with Gasteiger partial charge in [-0.2, -0.15) is 18.3 Å². The number of rotatable bonds is 7. The SMILES string of the molecule is Cc1ccc(C(=O)Nc2ccc(CN3CCN(C)CC3)c(C(F)(F)F)c2)cc1C#Cc1cnc(Nc2cnn(C3CC3)c2)nc1. The number of aryl methyl sites for hydroxylation is 1. The van der Waals surface area contributed by atoms with Gasteiger partial charge in [-0.05, 0) is 62.2 Å². The van der Waals surface area contributed by atoms with E-state index in [0.717, 1.165) is 43.2 Å². The summed E-state index contributed by atoms with van der Waals surface area (Å²) in [6.45, 7) is 5.09. The summed E-state index contributed by atoms with van der Waals surface area (Å²) in [5.74, 6) is 5.97. The average Bonchev–Trinajstić information content (AvgIpc) is 3.77. The van der Waals surface area contributed by atoms with Gasteiger partial charge < -0.3 is 15.5 Å². The Bertz CT molecular complexity index is 1740. The second kappa shape index (κ2) is 12.7. The fraction of sp³-hybridized carbons (Fsp3) is 0.333. The average molecular weight is 615 g/mol. The molecular weight excluding hydrogens is 581 g/mol. The van der Waals surface area contributed by atoms with Crippen LogP contribution in [0.3, 0.4) is 0 Å². The first kappa shape index (κ1) is 30.3. The number of nitrogens with one attached hydrogen (secondary N) is 2. The molecule has 1 saturated carbocycles. The number of hydrogen-bond acceptors (Lipinski definition) is 7. The summed E-state index contributed by atoms with van der Waals surface area (Å²) >= 11 is 0. The first-order valence-corrected chi connectivity index (χ1v) is 14.8. The molecule has 1 saturated heterocycles. The van der Waals surface area contributed by atoms with E-state index in [1.54, 1.807) is 36.8 Å². The quantitative estimate of drug-likeness (QED) is 0.267. The predicted molar refractivity (Wildman–Crippen MR) is 165 cm³/mol. The molecule has 2 fully saturated rings. The van der Waals surface area contributed by atoms with Crippen molar-refractivity contribution in [3.05, 3.63) is 94.6 Å². The lowest BCUT2D eigenvalue weighted by Crippen LogP contribution is -2.44. The molecule has 1 aliphatic carbocycles. The monoisotopic (exact) mass is 614 g/mol. The van der Waals surface area contributed by atoms with Crippen molar-refractivity contribution in [1.82, 2.24) is 29.5 Å². The summed E-state index contributed by atoms with van der Waals surface area (Å²) in [7, 11) is 2.00. The molecule has 2 aromatic carbocycles. The Balaban J connectivity index is 1.12. The van der Waals surface area contributed by atoms with Crippen LogP contribution >= 0.6 is 0 Å². The van der Waals surface area contributed by atoms with E-state index in [4.69, 9.17) is 0 Å². The standard InChI is InChI=1S/C33H33F3N8O/c1-22-3-5-25(15-24(22)6-4-23-17-37-32(38-18-23)41-28-19-39-44(21-28)29-9-10-29)31(45)40-27-8-7-26(30(16-27)33(34,35)36)20-43-13-11-42(2)12-14-43/h3,5,7-8,15-19,21,29H,9-14,20H2,1-2H3,(H,40,45)(H,37,38,41). The lowest BCUT2D eigenvalue weighted by molar-refractivity contribution is -0.138. The number of anilines is 3. The van der Waals surface area contributed by atoms with Crippen LogP contribution in [-0.4, -0.2) is 68.7 Å². The molecule has 9 nitrogen and oxygen atoms in total. The van der Waals surface area contributed by atoms with E-state index in [2.05, 4.69) is 42.4 Å². The van der Waals surface area contributed by atoms with Gasteiger partial charge in [-0.3, -0.25) is 14.4 Å². The number of amides is 1. The summed E-state index contributed by atoms with van der Waals surface area (Å²) in [5.41, 5.74) is 2.65. The Morgan fingerprint density at radius 2 is 1.73 bits per heavy atom. The summed E-state index contributed by atoms with van der Waals surface area (Å²) in [4.78, 5) is 25.9. The molecule has 3 heterocycles. The van der Waals surface area contributed by atoms with Gasteiger partial charge in [0, 0.05) is 68.1 Å². The molecule has 0 spiro atoms. The van der Waals surface area contributed by atoms with Crippen molar-refractivity contribution in [2.75, 3.05) is 43.9 Å². The van der Waals surface area contributed by atoms with E-state index in [9.17, 15) is 18.0 Å². The first-order chi connectivity index (χ1) is 21.6. The lowest BCUT2D eigenvalue weighted by Gasteiger charge is -2.33. The third-order valence-corrected chi connectivity index (χ3v) is 7.93. The van der Waals surface area contributed by atoms with Crippen molar-refractivity contribution >= 4 is 23.2 Å². The maximum atomic E-state index is 14.0. The van der Waals surface area contributed by atoms with Crippen LogP contribution in [0, 0.1) is 18.8 Å². The molecule has 45 heavy (non-hydrogen) atoms. The third kappa shape index (κ3) is 7.68. The van der Waals surface area contributed by atoms with Crippen molar-refractivity contribution < 1.29 is 18.0 Å². The highest BCUT2D eigenvalue weighted by Crippen LogP contribution is 2.35. The van der Waals surface area contributed by atoms with Gasteiger partial charge in [0.2, 0.25) is 5.95 Å². The second-order valence-electron chi connectivity index (χ2n) is 11.5. The van der Waals surface area contributed by atoms with Gasteiger partial charge in [-0.15, -0.1) is 0 Å². The molecule has 2 aromatic heterocycles. The minimum absolute atomic E-state index is 0.0772. The highest BCUT2D eigenvalue weighted by atomic mass is 19.4. The zero-order chi connectivity index (χ0) is 31.6. The fourth-order valence-corrected chi connectivity index (χ4v) is 5.07. The van der Waals surface area contributed by atoms with E-state index >= 15 is 0 Å². The smallest absolute Gasteiger partial charge is 0.322 e. The van der Waals surface area contributed by atoms with Crippen LogP contribution in [0.4, 0.5) is 30.5 Å². The maximum absolute atomic E-state index is 14.0. The van der Waals surface area contributed by atoms with Crippen LogP contribution in [0.5, 0.6) is 0 Å². The largest absolute Gasteiger partial charge is 0.416 e. The number of piperazine rings is 1. The Morgan fingerprint density at radius 1 is 0.978 bits per heavy atom. The van der Waals surface area contributed by atoms with Gasteiger partial charge in [0.1, 0.15) is 0 Å². The number of aromatic nitrogens is 4. The number of halogens is 3. The molecule has 2 aliphatic rings. The van der Waals surface area contributed by atoms with Crippen molar-refractivity contribution in [2.24, 2.45) is 0 Å². The van der Waals surface area contributed by atoms with Crippen LogP contribution < -0.4 is 10.6 Å². The summed E-state index contributed by atoms with van der Waals surface area (Å²) in [5, 5.41) is 10.1. The highest BCUT2D eigenvalue weighted by molar-refractivity contribution is 6.04. The zero-order valence-electron chi connectivity index (χ0n) is 25.0. The summed E-state index contributed by atoms with van der Waals surface area (Å²) < 4.78 is 44.0. The lowest BCUT2D eigenvalue weighted by atomic mass is 10.0. The van der Waals surface area contributed by atoms with E-state index in [1.807, 2.05) is 29.7 Å². The van der Waals surface area contributed by atoms with Crippen molar-refractivity contribution in [3.8, 4) is 11.8 Å². The van der Waals surface area contributed by atoms with E-state index in [1.165, 1.54) is 12.1 Å². The minimum atomic E-state index is -4.55. The molecule has 6 rings (SSSR count). The van der Waals surface area contributed by atoms with Gasteiger partial charge in [0.25, 0.3) is 5.91 Å². The molecule has 0 bridgehead atoms. The van der Waals surface area contributed by atoms with Gasteiger partial charge in [0.05, 0.1) is 29.1 Å². The van der Waals surface area contributed by atoms with Crippen LogP contribution in [-0.2, 0) is 12.7 Å². The summed E-state index contributed by atoms with van der Waals surface area (Å²) in [6.07, 6.45) is 4.61. The first-order valence-electron chi connectivity index (χ1n) is 14.8. The number of likely N-dealkylation sites (N-methyl/N-ethyl adjacent to an activating group) is 1. The molecule has 4 aromatic rings. The van der Waals surface area contributed by atoms with Crippen LogP contribution in [0.15, 0.2) is 61.2 Å². The van der Waals surface area contributed by atoms with Gasteiger partial charge >= 0.3 is 6.18 Å². The number of hydrogen-bond donors (Lipinski definition) is 2. The van der Waals surface area contributed by atoms with Gasteiger partial charge in [0.15, 0.2) is 0 Å². The topological polar surface area (TPSA) is 91.2 Å². The van der Waals surface area contributed by atoms with E-state index in [0.29, 0.717) is 36.2 Å². The zero-order valence-corrected chi connectivity index (χ0v) is 25.0. The normalized spacial score (nSPS) is 15.8. The number of benzene rings is 2. The molecule has 1 amide bonds. The van der Waals surface area contributed by atoms with Crippen molar-refractivity contribution in [1.29, 1.82) is 0 Å². The second-order valence-corrected chi connectivity index (χ2v) is 11.5. The molecule has 0 unspecified atom stereocenters. The number of carbonyl (C=O) groups excluding carboxylic acids is 1. The van der Waals surface area contributed by atoms with Gasteiger partial charge in [-0.1, -0.05) is 24.0 Å². The summed E-state index contributed by atoms with van der Waals surface area (Å²) in [6, 6.07) is 9.46. The molecule has 2 N–H and O–H groups in total. The number of nitrogens with zero attached hydrogens (tertiary/aromatic N) is 6. The number of carbonyl (C=O) groups is 1. The van der Waals surface area contributed by atoms with Gasteiger partial charge in [-0.25, -0.2) is 9.97 Å². The Hall–Kier alpha value is -4.73. The predicted octanol–water partition coefficient (Wildman–Crippen LogP) is 5.48. The van der Waals surface area contributed by atoms with Crippen molar-refractivity contribution in [3.63, 3.8) is 0 Å². The maximum Gasteiger partial charge on any atom is 0.416 e. The van der Waals surface area contributed by atoms with Crippen LogP contribution in [0.1, 0.15) is 57.1 Å². The Labute approximate surface area is 259 Å². The van der Waals surface area contributed by atoms with Crippen LogP contribution in [0.2, 0.25) is 0 Å². The van der Waals surface area contributed by atoms with E-state index in [-0.39, 0.29) is 23.4 Å². The molecule has 12 heteroatoms. The minimum Gasteiger partial charge on any atom is -0.322 e. The van der Waals surface area contributed by atoms with Crippen LogP contribution in [0.25, 0.3) is 0 Å². The molecule has 1 aliphatic heterocycles. The van der Waals surface area contributed by atoms with E-state index < -0.39 is 17.6 Å². The highest BCUT2D eigenvalue weighted by Gasteiger charge is 2.34.